The van der Waals surface area contributed by atoms with Crippen LogP contribution in [-0.2, 0) is 14.2 Å². The van der Waals surface area contributed by atoms with Gasteiger partial charge in [-0.3, -0.25) is 4.79 Å². The first kappa shape index (κ1) is 17.1. The first-order chi connectivity index (χ1) is 12.2. The molecule has 0 bridgehead atoms. The Morgan fingerprint density at radius 2 is 2.04 bits per heavy atom. The van der Waals surface area contributed by atoms with Crippen molar-refractivity contribution < 1.29 is 23.4 Å². The molecule has 3 aliphatic rings. The van der Waals surface area contributed by atoms with E-state index in [1.54, 1.807) is 6.26 Å². The summed E-state index contributed by atoms with van der Waals surface area (Å²) in [5, 5.41) is 0. The van der Waals surface area contributed by atoms with E-state index in [-0.39, 0.29) is 11.5 Å². The highest BCUT2D eigenvalue weighted by atomic mass is 16.5. The van der Waals surface area contributed by atoms with Crippen LogP contribution in [0.2, 0.25) is 0 Å². The van der Waals surface area contributed by atoms with Gasteiger partial charge in [0.15, 0.2) is 5.76 Å². The SMILES string of the molecule is Cc1ccoc1C(=O)N1CC2(C1)OCC[C@@H]2COCC1CCOCC1. The second kappa shape index (κ2) is 7.09. The third-order valence-corrected chi connectivity index (χ3v) is 5.87. The Balaban J connectivity index is 1.27. The van der Waals surface area contributed by atoms with Gasteiger partial charge in [0.2, 0.25) is 0 Å². The smallest absolute Gasteiger partial charge is 0.290 e. The zero-order valence-electron chi connectivity index (χ0n) is 14.9. The summed E-state index contributed by atoms with van der Waals surface area (Å²) in [4.78, 5) is 14.3. The standard InChI is InChI=1S/C19H27NO5/c1-14-2-8-24-17(14)18(21)20-12-19(13-20)16(5-9-25-19)11-23-10-15-3-6-22-7-4-15/h2,8,15-16H,3-7,9-13H2,1H3/t16-/m1/s1. The second-order valence-corrected chi connectivity index (χ2v) is 7.59. The summed E-state index contributed by atoms with van der Waals surface area (Å²) in [6.07, 6.45) is 4.76. The molecule has 3 aliphatic heterocycles. The number of aryl methyl sites for hydroxylation is 1. The number of nitrogens with zero attached hydrogens (tertiary/aromatic N) is 1. The van der Waals surface area contributed by atoms with Crippen molar-refractivity contribution in [3.63, 3.8) is 0 Å². The minimum absolute atomic E-state index is 0.0366. The average molecular weight is 349 g/mol. The van der Waals surface area contributed by atoms with Crippen LogP contribution < -0.4 is 0 Å². The van der Waals surface area contributed by atoms with Crippen LogP contribution in [0, 0.1) is 18.8 Å². The Hall–Kier alpha value is -1.37. The highest BCUT2D eigenvalue weighted by Gasteiger charge is 2.55. The molecule has 1 aromatic heterocycles. The maximum Gasteiger partial charge on any atom is 0.290 e. The lowest BCUT2D eigenvalue weighted by atomic mass is 9.81. The van der Waals surface area contributed by atoms with Crippen molar-refractivity contribution in [1.82, 2.24) is 4.90 Å². The van der Waals surface area contributed by atoms with Crippen LogP contribution in [0.15, 0.2) is 16.7 Å². The molecule has 3 saturated heterocycles. The van der Waals surface area contributed by atoms with Crippen LogP contribution in [0.1, 0.15) is 35.4 Å². The Labute approximate surface area is 148 Å². The molecule has 1 spiro atoms. The van der Waals surface area contributed by atoms with Gasteiger partial charge in [0.25, 0.3) is 5.91 Å². The Bertz CT molecular complexity index is 601. The third-order valence-electron chi connectivity index (χ3n) is 5.87. The van der Waals surface area contributed by atoms with Gasteiger partial charge in [0.05, 0.1) is 26.0 Å². The third kappa shape index (κ3) is 3.35. The molecular formula is C19H27NO5. The fourth-order valence-electron chi connectivity index (χ4n) is 4.14. The zero-order valence-corrected chi connectivity index (χ0v) is 14.9. The largest absolute Gasteiger partial charge is 0.459 e. The van der Waals surface area contributed by atoms with E-state index >= 15 is 0 Å². The van der Waals surface area contributed by atoms with Crippen molar-refractivity contribution in [2.75, 3.05) is 46.1 Å². The van der Waals surface area contributed by atoms with E-state index in [2.05, 4.69) is 0 Å². The van der Waals surface area contributed by atoms with E-state index in [9.17, 15) is 4.79 Å². The van der Waals surface area contributed by atoms with E-state index in [0.717, 1.165) is 57.9 Å². The van der Waals surface area contributed by atoms with Crippen molar-refractivity contribution in [2.45, 2.75) is 31.8 Å². The summed E-state index contributed by atoms with van der Waals surface area (Å²) >= 11 is 0. The lowest BCUT2D eigenvalue weighted by molar-refractivity contribution is -0.130. The minimum Gasteiger partial charge on any atom is -0.459 e. The van der Waals surface area contributed by atoms with Crippen LogP contribution in [0.3, 0.4) is 0 Å². The molecule has 6 heteroatoms. The number of carbonyl (C=O) groups is 1. The highest BCUT2D eigenvalue weighted by molar-refractivity contribution is 5.93. The number of furan rings is 1. The van der Waals surface area contributed by atoms with Gasteiger partial charge in [-0.15, -0.1) is 0 Å². The number of rotatable bonds is 5. The highest BCUT2D eigenvalue weighted by Crippen LogP contribution is 2.41. The summed E-state index contributed by atoms with van der Waals surface area (Å²) < 4.78 is 22.8. The first-order valence-electron chi connectivity index (χ1n) is 9.31. The fraction of sp³-hybridized carbons (Fsp3) is 0.737. The summed E-state index contributed by atoms with van der Waals surface area (Å²) in [7, 11) is 0. The first-order valence-corrected chi connectivity index (χ1v) is 9.31. The normalized spacial score (nSPS) is 26.1. The monoisotopic (exact) mass is 349 g/mol. The molecule has 0 aliphatic carbocycles. The van der Waals surface area contributed by atoms with E-state index in [4.69, 9.17) is 18.6 Å². The van der Waals surface area contributed by atoms with Crippen molar-refractivity contribution in [3.8, 4) is 0 Å². The van der Waals surface area contributed by atoms with Gasteiger partial charge in [-0.25, -0.2) is 0 Å². The minimum atomic E-state index is -0.216. The van der Waals surface area contributed by atoms with Crippen molar-refractivity contribution in [1.29, 1.82) is 0 Å². The van der Waals surface area contributed by atoms with E-state index < -0.39 is 0 Å². The summed E-state index contributed by atoms with van der Waals surface area (Å²) in [5.74, 6) is 1.40. The predicted molar refractivity (Wildman–Crippen MR) is 90.5 cm³/mol. The van der Waals surface area contributed by atoms with Gasteiger partial charge in [-0.05, 0) is 38.2 Å². The molecule has 4 heterocycles. The van der Waals surface area contributed by atoms with Crippen molar-refractivity contribution in [2.24, 2.45) is 11.8 Å². The van der Waals surface area contributed by atoms with Crippen LogP contribution in [0.5, 0.6) is 0 Å². The summed E-state index contributed by atoms with van der Waals surface area (Å²) in [5.41, 5.74) is 0.667. The zero-order chi connectivity index (χ0) is 17.3. The molecule has 0 aromatic carbocycles. The van der Waals surface area contributed by atoms with Crippen LogP contribution >= 0.6 is 0 Å². The maximum atomic E-state index is 12.5. The van der Waals surface area contributed by atoms with E-state index in [0.29, 0.717) is 30.7 Å². The topological polar surface area (TPSA) is 61.1 Å². The Morgan fingerprint density at radius 1 is 1.24 bits per heavy atom. The molecule has 3 fully saturated rings. The average Bonchev–Trinajstić information content (AvgIpc) is 3.20. The molecule has 0 unspecified atom stereocenters. The number of likely N-dealkylation sites (tertiary alicyclic amines) is 1. The van der Waals surface area contributed by atoms with Gasteiger partial charge >= 0.3 is 0 Å². The number of ether oxygens (including phenoxy) is 3. The van der Waals surface area contributed by atoms with Gasteiger partial charge in [0.1, 0.15) is 5.60 Å². The number of carbonyl (C=O) groups excluding carboxylic acids is 1. The molecule has 1 atom stereocenters. The summed E-state index contributed by atoms with van der Waals surface area (Å²) in [6.45, 7) is 7.16. The molecule has 6 nitrogen and oxygen atoms in total. The van der Waals surface area contributed by atoms with Gasteiger partial charge in [-0.2, -0.15) is 0 Å². The van der Waals surface area contributed by atoms with Gasteiger partial charge in [0, 0.05) is 37.9 Å². The molecule has 25 heavy (non-hydrogen) atoms. The molecule has 0 N–H and O–H groups in total. The molecule has 4 rings (SSSR count). The predicted octanol–water partition coefficient (Wildman–Crippen LogP) is 2.26. The van der Waals surface area contributed by atoms with Gasteiger partial charge in [-0.1, -0.05) is 0 Å². The van der Waals surface area contributed by atoms with Crippen LogP contribution in [-0.4, -0.2) is 62.5 Å². The quantitative estimate of drug-likeness (QED) is 0.816. The lowest BCUT2D eigenvalue weighted by Crippen LogP contribution is -2.66. The maximum absolute atomic E-state index is 12.5. The van der Waals surface area contributed by atoms with Crippen molar-refractivity contribution >= 4 is 5.91 Å². The second-order valence-electron chi connectivity index (χ2n) is 7.59. The Morgan fingerprint density at radius 3 is 2.76 bits per heavy atom. The number of hydrogen-bond acceptors (Lipinski definition) is 5. The fourth-order valence-corrected chi connectivity index (χ4v) is 4.14. The number of hydrogen-bond donors (Lipinski definition) is 0. The lowest BCUT2D eigenvalue weighted by Gasteiger charge is -2.49. The molecule has 1 aromatic rings. The molecule has 0 radical (unpaired) electrons. The van der Waals surface area contributed by atoms with Crippen LogP contribution in [0.4, 0.5) is 0 Å². The van der Waals surface area contributed by atoms with Crippen LogP contribution in [0.25, 0.3) is 0 Å². The van der Waals surface area contributed by atoms with E-state index in [1.807, 2.05) is 17.9 Å². The Kier molecular flexibility index (Phi) is 4.84. The molecular weight excluding hydrogens is 322 g/mol. The van der Waals surface area contributed by atoms with Gasteiger partial charge < -0.3 is 23.5 Å². The van der Waals surface area contributed by atoms with Crippen molar-refractivity contribution in [3.05, 3.63) is 23.7 Å². The summed E-state index contributed by atoms with van der Waals surface area (Å²) in [6, 6.07) is 1.82. The van der Waals surface area contributed by atoms with E-state index in [1.165, 1.54) is 0 Å². The molecule has 0 saturated carbocycles. The molecule has 138 valence electrons. The number of amides is 1. The molecule has 1 amide bonds.